The van der Waals surface area contributed by atoms with Gasteiger partial charge in [0.25, 0.3) is 0 Å². The molecule has 3 aromatic rings. The molecule has 0 spiro atoms. The Bertz CT molecular complexity index is 689. The summed E-state index contributed by atoms with van der Waals surface area (Å²) >= 11 is 0. The summed E-state index contributed by atoms with van der Waals surface area (Å²) in [5, 5.41) is 14.7. The van der Waals surface area contributed by atoms with Crippen LogP contribution in [0.25, 0.3) is 5.65 Å². The molecular weight excluding hydrogens is 242 g/mol. The first-order valence-corrected chi connectivity index (χ1v) is 5.88. The van der Waals surface area contributed by atoms with Crippen LogP contribution in [0.1, 0.15) is 18.5 Å². The molecule has 0 aliphatic carbocycles. The van der Waals surface area contributed by atoms with Gasteiger partial charge >= 0.3 is 0 Å². The van der Waals surface area contributed by atoms with Crippen LogP contribution in [0, 0.1) is 0 Å². The van der Waals surface area contributed by atoms with Crippen molar-refractivity contribution in [2.75, 3.05) is 11.1 Å². The van der Waals surface area contributed by atoms with Gasteiger partial charge < -0.3 is 11.1 Å². The van der Waals surface area contributed by atoms with Crippen LogP contribution >= 0.6 is 0 Å². The third-order valence-corrected chi connectivity index (χ3v) is 2.91. The lowest BCUT2D eigenvalue weighted by atomic mass is 10.1. The fraction of sp³-hybridized carbons (Fsp3) is 0.167. The number of nitrogens with one attached hydrogen (secondary N) is 1. The molecule has 0 saturated carbocycles. The highest BCUT2D eigenvalue weighted by Crippen LogP contribution is 2.19. The molecule has 1 unspecified atom stereocenters. The normalized spacial score (nSPS) is 12.5. The number of nitrogen functional groups attached to an aromatic ring is 1. The van der Waals surface area contributed by atoms with Gasteiger partial charge in [-0.1, -0.05) is 12.1 Å². The molecule has 0 aliphatic rings. The lowest BCUT2D eigenvalue weighted by Gasteiger charge is -2.15. The summed E-state index contributed by atoms with van der Waals surface area (Å²) in [6.45, 7) is 2.05. The first-order valence-electron chi connectivity index (χ1n) is 5.88. The van der Waals surface area contributed by atoms with Crippen molar-refractivity contribution in [1.29, 1.82) is 0 Å². The Balaban J connectivity index is 1.88. The molecule has 2 aromatic heterocycles. The molecular formula is C12H13N7. The molecule has 1 atom stereocenters. The van der Waals surface area contributed by atoms with Crippen LogP contribution in [0.4, 0.5) is 11.5 Å². The summed E-state index contributed by atoms with van der Waals surface area (Å²) in [4.78, 5) is 4.10. The zero-order valence-corrected chi connectivity index (χ0v) is 10.4. The molecule has 0 amide bonds. The van der Waals surface area contributed by atoms with Crippen molar-refractivity contribution < 1.29 is 0 Å². The van der Waals surface area contributed by atoms with Crippen LogP contribution in [0.3, 0.4) is 0 Å². The Morgan fingerprint density at radius 1 is 1.21 bits per heavy atom. The van der Waals surface area contributed by atoms with E-state index in [4.69, 9.17) is 5.73 Å². The molecule has 7 heteroatoms. The van der Waals surface area contributed by atoms with Gasteiger partial charge in [-0.15, -0.1) is 5.10 Å². The number of nitrogens with two attached hydrogens (primary N) is 1. The largest absolute Gasteiger partial charge is 0.399 e. The lowest BCUT2D eigenvalue weighted by Crippen LogP contribution is -2.10. The first-order chi connectivity index (χ1) is 9.24. The summed E-state index contributed by atoms with van der Waals surface area (Å²) in [5.41, 5.74) is 8.16. The van der Waals surface area contributed by atoms with Gasteiger partial charge in [0, 0.05) is 11.7 Å². The second-order valence-corrected chi connectivity index (χ2v) is 4.27. The molecule has 0 fully saturated rings. The highest BCUT2D eigenvalue weighted by atomic mass is 15.5. The van der Waals surface area contributed by atoms with Crippen LogP contribution in [0.2, 0.25) is 0 Å². The highest BCUT2D eigenvalue weighted by Gasteiger charge is 2.09. The fourth-order valence-electron chi connectivity index (χ4n) is 1.86. The van der Waals surface area contributed by atoms with E-state index in [1.165, 1.54) is 0 Å². The number of rotatable bonds is 3. The Kier molecular flexibility index (Phi) is 2.71. The molecule has 7 nitrogen and oxygen atoms in total. The highest BCUT2D eigenvalue weighted by molar-refractivity contribution is 5.46. The molecule has 0 aliphatic heterocycles. The quantitative estimate of drug-likeness (QED) is 0.684. The minimum Gasteiger partial charge on any atom is -0.399 e. The minimum absolute atomic E-state index is 0.0946. The van der Waals surface area contributed by atoms with Crippen molar-refractivity contribution in [3.05, 3.63) is 42.2 Å². The van der Waals surface area contributed by atoms with Crippen molar-refractivity contribution in [1.82, 2.24) is 25.0 Å². The molecule has 3 N–H and O–H groups in total. The van der Waals surface area contributed by atoms with E-state index in [1.807, 2.05) is 24.3 Å². The fourth-order valence-corrected chi connectivity index (χ4v) is 1.86. The molecule has 0 saturated heterocycles. The standard InChI is InChI=1S/C12H13N7/c1-8(9-2-4-10(13)5-3-9)15-11-6-14-7-12-16-17-18-19(11)12/h2-8,15H,13H2,1H3. The monoisotopic (exact) mass is 255 g/mol. The maximum atomic E-state index is 5.68. The number of hydrogen-bond acceptors (Lipinski definition) is 6. The molecule has 0 bridgehead atoms. The zero-order valence-electron chi connectivity index (χ0n) is 10.4. The van der Waals surface area contributed by atoms with E-state index in [1.54, 1.807) is 16.9 Å². The van der Waals surface area contributed by atoms with Crippen molar-refractivity contribution in [2.24, 2.45) is 0 Å². The summed E-state index contributed by atoms with van der Waals surface area (Å²) in [6.07, 6.45) is 3.30. The van der Waals surface area contributed by atoms with Crippen molar-refractivity contribution >= 4 is 17.2 Å². The maximum Gasteiger partial charge on any atom is 0.199 e. The van der Waals surface area contributed by atoms with Gasteiger partial charge in [0.05, 0.1) is 12.4 Å². The van der Waals surface area contributed by atoms with E-state index in [0.717, 1.165) is 17.1 Å². The third-order valence-electron chi connectivity index (χ3n) is 2.91. The van der Waals surface area contributed by atoms with Gasteiger partial charge in [-0.2, -0.15) is 4.52 Å². The number of tetrazole rings is 1. The van der Waals surface area contributed by atoms with Crippen LogP contribution in [-0.4, -0.2) is 25.0 Å². The maximum absolute atomic E-state index is 5.68. The molecule has 0 radical (unpaired) electrons. The smallest absolute Gasteiger partial charge is 0.199 e. The number of nitrogens with zero attached hydrogens (tertiary/aromatic N) is 5. The SMILES string of the molecule is CC(Nc1cncc2nnnn12)c1ccc(N)cc1. The van der Waals surface area contributed by atoms with Gasteiger partial charge in [-0.3, -0.25) is 4.98 Å². The van der Waals surface area contributed by atoms with Crippen molar-refractivity contribution in [3.8, 4) is 0 Å². The number of aromatic nitrogens is 5. The van der Waals surface area contributed by atoms with Gasteiger partial charge in [0.2, 0.25) is 0 Å². The van der Waals surface area contributed by atoms with Gasteiger partial charge in [0.1, 0.15) is 0 Å². The van der Waals surface area contributed by atoms with Crippen molar-refractivity contribution in [3.63, 3.8) is 0 Å². The van der Waals surface area contributed by atoms with Crippen LogP contribution in [0.5, 0.6) is 0 Å². The average molecular weight is 255 g/mol. The number of anilines is 2. The van der Waals surface area contributed by atoms with E-state index in [2.05, 4.69) is 32.7 Å². The van der Waals surface area contributed by atoms with Gasteiger partial charge in [-0.05, 0) is 35.0 Å². The van der Waals surface area contributed by atoms with Gasteiger partial charge in [-0.25, -0.2) is 0 Å². The zero-order chi connectivity index (χ0) is 13.2. The Labute approximate surface area is 109 Å². The number of hydrogen-bond donors (Lipinski definition) is 2. The molecule has 2 heterocycles. The van der Waals surface area contributed by atoms with Crippen LogP contribution < -0.4 is 11.1 Å². The first kappa shape index (κ1) is 11.4. The Hall–Kier alpha value is -2.70. The number of benzene rings is 1. The third kappa shape index (κ3) is 2.17. The second-order valence-electron chi connectivity index (χ2n) is 4.27. The van der Waals surface area contributed by atoms with Crippen LogP contribution in [0.15, 0.2) is 36.7 Å². The van der Waals surface area contributed by atoms with Gasteiger partial charge in [0.15, 0.2) is 11.5 Å². The molecule has 1 aromatic carbocycles. The Morgan fingerprint density at radius 2 is 2.00 bits per heavy atom. The predicted molar refractivity (Wildman–Crippen MR) is 71.5 cm³/mol. The lowest BCUT2D eigenvalue weighted by molar-refractivity contribution is 0.796. The van der Waals surface area contributed by atoms with Crippen LogP contribution in [-0.2, 0) is 0 Å². The second kappa shape index (κ2) is 4.52. The molecule has 19 heavy (non-hydrogen) atoms. The number of fused-ring (bicyclic) bond motifs is 1. The topological polar surface area (TPSA) is 94.0 Å². The summed E-state index contributed by atoms with van der Waals surface area (Å²) in [6, 6.07) is 7.82. The Morgan fingerprint density at radius 3 is 2.79 bits per heavy atom. The minimum atomic E-state index is 0.0946. The summed E-state index contributed by atoms with van der Waals surface area (Å²) in [5.74, 6) is 0.742. The van der Waals surface area contributed by atoms with E-state index >= 15 is 0 Å². The van der Waals surface area contributed by atoms with Crippen molar-refractivity contribution in [2.45, 2.75) is 13.0 Å². The summed E-state index contributed by atoms with van der Waals surface area (Å²) in [7, 11) is 0. The average Bonchev–Trinajstić information content (AvgIpc) is 2.89. The molecule has 96 valence electrons. The van der Waals surface area contributed by atoms with E-state index in [-0.39, 0.29) is 6.04 Å². The summed E-state index contributed by atoms with van der Waals surface area (Å²) < 4.78 is 1.61. The van der Waals surface area contributed by atoms with E-state index < -0.39 is 0 Å². The van der Waals surface area contributed by atoms with E-state index in [0.29, 0.717) is 5.65 Å². The molecule has 3 rings (SSSR count). The predicted octanol–water partition coefficient (Wildman–Crippen LogP) is 1.27. The van der Waals surface area contributed by atoms with E-state index in [9.17, 15) is 0 Å².